The van der Waals surface area contributed by atoms with Crippen molar-refractivity contribution in [3.8, 4) is 0 Å². The number of alkyl halides is 1. The van der Waals surface area contributed by atoms with E-state index in [0.29, 0.717) is 12.0 Å². The van der Waals surface area contributed by atoms with Crippen LogP contribution in [0, 0.1) is 0 Å². The zero-order valence-electron chi connectivity index (χ0n) is 12.1. The number of rotatable bonds is 9. The van der Waals surface area contributed by atoms with Crippen LogP contribution in [0.1, 0.15) is 38.2 Å². The SMILES string of the molecule is CCC(CC)N(CCO)CC(CBr)c1ccccc1. The first-order valence-electron chi connectivity index (χ1n) is 7.22. The summed E-state index contributed by atoms with van der Waals surface area (Å²) in [5.74, 6) is 0.480. The lowest BCUT2D eigenvalue weighted by molar-refractivity contribution is 0.138. The number of aliphatic hydroxyl groups excluding tert-OH is 1. The van der Waals surface area contributed by atoms with Gasteiger partial charge in [0.25, 0.3) is 0 Å². The van der Waals surface area contributed by atoms with Crippen molar-refractivity contribution in [3.63, 3.8) is 0 Å². The fraction of sp³-hybridized carbons (Fsp3) is 0.625. The molecule has 0 bridgehead atoms. The molecule has 0 saturated carbocycles. The van der Waals surface area contributed by atoms with Gasteiger partial charge in [-0.2, -0.15) is 0 Å². The molecule has 1 N–H and O–H groups in total. The Kier molecular flexibility index (Phi) is 8.35. The molecular weight excluding hydrogens is 302 g/mol. The molecule has 19 heavy (non-hydrogen) atoms. The molecule has 0 fully saturated rings. The number of aliphatic hydroxyl groups is 1. The summed E-state index contributed by atoms with van der Waals surface area (Å²) in [6, 6.07) is 11.2. The van der Waals surface area contributed by atoms with Crippen LogP contribution < -0.4 is 0 Å². The lowest BCUT2D eigenvalue weighted by Gasteiger charge is -2.33. The van der Waals surface area contributed by atoms with Crippen molar-refractivity contribution in [2.24, 2.45) is 0 Å². The molecule has 0 amide bonds. The summed E-state index contributed by atoms with van der Waals surface area (Å²) < 4.78 is 0. The maximum absolute atomic E-state index is 9.28. The third-order valence-electron chi connectivity index (χ3n) is 3.76. The van der Waals surface area contributed by atoms with Crippen LogP contribution in [-0.4, -0.2) is 41.1 Å². The van der Waals surface area contributed by atoms with Gasteiger partial charge in [0, 0.05) is 30.4 Å². The molecular formula is C16H26BrNO. The Hall–Kier alpha value is -0.380. The third kappa shape index (κ3) is 5.25. The molecule has 0 radical (unpaired) electrons. The highest BCUT2D eigenvalue weighted by Gasteiger charge is 2.19. The molecule has 0 aliphatic rings. The van der Waals surface area contributed by atoms with Crippen LogP contribution >= 0.6 is 15.9 Å². The van der Waals surface area contributed by atoms with E-state index in [0.717, 1.165) is 31.3 Å². The van der Waals surface area contributed by atoms with E-state index in [1.807, 2.05) is 0 Å². The van der Waals surface area contributed by atoms with E-state index in [2.05, 4.69) is 65.0 Å². The Morgan fingerprint density at radius 3 is 2.26 bits per heavy atom. The molecule has 0 heterocycles. The van der Waals surface area contributed by atoms with E-state index in [-0.39, 0.29) is 6.61 Å². The smallest absolute Gasteiger partial charge is 0.0558 e. The van der Waals surface area contributed by atoms with Crippen molar-refractivity contribution in [3.05, 3.63) is 35.9 Å². The van der Waals surface area contributed by atoms with E-state index in [4.69, 9.17) is 0 Å². The van der Waals surface area contributed by atoms with Crippen molar-refractivity contribution >= 4 is 15.9 Å². The van der Waals surface area contributed by atoms with Gasteiger partial charge >= 0.3 is 0 Å². The van der Waals surface area contributed by atoms with E-state index >= 15 is 0 Å². The average molecular weight is 328 g/mol. The lowest BCUT2D eigenvalue weighted by Crippen LogP contribution is -2.39. The average Bonchev–Trinajstić information content (AvgIpc) is 2.46. The standard InChI is InChI=1S/C16H26BrNO/c1-3-16(4-2)18(10-11-19)13-15(12-17)14-8-6-5-7-9-14/h5-9,15-16,19H,3-4,10-13H2,1-2H3. The fourth-order valence-electron chi connectivity index (χ4n) is 2.61. The second-order valence-corrected chi connectivity index (χ2v) is 5.60. The third-order valence-corrected chi connectivity index (χ3v) is 4.54. The number of hydrogen-bond donors (Lipinski definition) is 1. The summed E-state index contributed by atoms with van der Waals surface area (Å²) in [6.07, 6.45) is 2.28. The van der Waals surface area contributed by atoms with E-state index in [9.17, 15) is 5.11 Å². The van der Waals surface area contributed by atoms with Crippen molar-refractivity contribution in [1.29, 1.82) is 0 Å². The van der Waals surface area contributed by atoms with Crippen LogP contribution in [0.2, 0.25) is 0 Å². The van der Waals surface area contributed by atoms with Crippen molar-refractivity contribution in [2.45, 2.75) is 38.6 Å². The molecule has 1 aromatic rings. The molecule has 108 valence electrons. The van der Waals surface area contributed by atoms with Crippen molar-refractivity contribution in [1.82, 2.24) is 4.90 Å². The summed E-state index contributed by atoms with van der Waals surface area (Å²) in [5.41, 5.74) is 1.37. The Morgan fingerprint density at radius 1 is 1.16 bits per heavy atom. The minimum absolute atomic E-state index is 0.236. The molecule has 1 rings (SSSR count). The van der Waals surface area contributed by atoms with Crippen LogP contribution in [0.15, 0.2) is 30.3 Å². The van der Waals surface area contributed by atoms with Gasteiger partial charge in [0.2, 0.25) is 0 Å². The first kappa shape index (κ1) is 16.7. The molecule has 0 aromatic heterocycles. The van der Waals surface area contributed by atoms with Crippen LogP contribution in [0.5, 0.6) is 0 Å². The monoisotopic (exact) mass is 327 g/mol. The molecule has 2 nitrogen and oxygen atoms in total. The second kappa shape index (κ2) is 9.51. The highest BCUT2D eigenvalue weighted by Crippen LogP contribution is 2.21. The van der Waals surface area contributed by atoms with Crippen LogP contribution in [-0.2, 0) is 0 Å². The van der Waals surface area contributed by atoms with Crippen molar-refractivity contribution < 1.29 is 5.11 Å². The van der Waals surface area contributed by atoms with Crippen molar-refractivity contribution in [2.75, 3.05) is 25.0 Å². The zero-order valence-corrected chi connectivity index (χ0v) is 13.6. The second-order valence-electron chi connectivity index (χ2n) is 4.95. The maximum Gasteiger partial charge on any atom is 0.0558 e. The fourth-order valence-corrected chi connectivity index (χ4v) is 3.19. The maximum atomic E-state index is 9.28. The lowest BCUT2D eigenvalue weighted by atomic mass is 9.99. The highest BCUT2D eigenvalue weighted by molar-refractivity contribution is 9.09. The van der Waals surface area contributed by atoms with Gasteiger partial charge < -0.3 is 5.11 Å². The van der Waals surface area contributed by atoms with Crippen LogP contribution in [0.3, 0.4) is 0 Å². The summed E-state index contributed by atoms with van der Waals surface area (Å²) in [5, 5.41) is 10.2. The van der Waals surface area contributed by atoms with Gasteiger partial charge in [0.05, 0.1) is 6.61 Å². The number of halogens is 1. The van der Waals surface area contributed by atoms with Gasteiger partial charge in [0.15, 0.2) is 0 Å². The topological polar surface area (TPSA) is 23.5 Å². The summed E-state index contributed by atoms with van der Waals surface area (Å²) in [6.45, 7) is 6.46. The molecule has 0 aliphatic carbocycles. The van der Waals surface area contributed by atoms with E-state index in [1.54, 1.807) is 0 Å². The molecule has 1 atom stereocenters. The number of nitrogens with zero attached hydrogens (tertiary/aromatic N) is 1. The van der Waals surface area contributed by atoms with Crippen LogP contribution in [0.25, 0.3) is 0 Å². The Morgan fingerprint density at radius 2 is 1.79 bits per heavy atom. The minimum Gasteiger partial charge on any atom is -0.395 e. The van der Waals surface area contributed by atoms with E-state index in [1.165, 1.54) is 5.56 Å². The highest BCUT2D eigenvalue weighted by atomic mass is 79.9. The van der Waals surface area contributed by atoms with Gasteiger partial charge in [-0.25, -0.2) is 0 Å². The number of hydrogen-bond acceptors (Lipinski definition) is 2. The van der Waals surface area contributed by atoms with Gasteiger partial charge in [-0.1, -0.05) is 60.1 Å². The Bertz CT molecular complexity index is 327. The zero-order chi connectivity index (χ0) is 14.1. The summed E-state index contributed by atoms with van der Waals surface area (Å²) in [7, 11) is 0. The van der Waals surface area contributed by atoms with Gasteiger partial charge in [-0.15, -0.1) is 0 Å². The first-order valence-corrected chi connectivity index (χ1v) is 8.34. The van der Waals surface area contributed by atoms with Crippen LogP contribution in [0.4, 0.5) is 0 Å². The molecule has 0 saturated heterocycles. The minimum atomic E-state index is 0.236. The summed E-state index contributed by atoms with van der Waals surface area (Å²) >= 11 is 3.64. The predicted molar refractivity (Wildman–Crippen MR) is 86.0 cm³/mol. The molecule has 3 heteroatoms. The van der Waals surface area contributed by atoms with Gasteiger partial charge in [-0.05, 0) is 18.4 Å². The molecule has 1 unspecified atom stereocenters. The number of benzene rings is 1. The molecule has 0 spiro atoms. The Labute approximate surface area is 126 Å². The molecule has 0 aliphatic heterocycles. The predicted octanol–water partition coefficient (Wildman–Crippen LogP) is 3.65. The first-order chi connectivity index (χ1) is 9.26. The summed E-state index contributed by atoms with van der Waals surface area (Å²) in [4.78, 5) is 2.43. The van der Waals surface area contributed by atoms with Gasteiger partial charge in [0.1, 0.15) is 0 Å². The van der Waals surface area contributed by atoms with Gasteiger partial charge in [-0.3, -0.25) is 4.90 Å². The molecule has 1 aromatic carbocycles. The Balaban J connectivity index is 2.75. The normalized spacial score (nSPS) is 13.2. The van der Waals surface area contributed by atoms with E-state index < -0.39 is 0 Å². The quantitative estimate of drug-likeness (QED) is 0.700. The largest absolute Gasteiger partial charge is 0.395 e.